The molecule has 0 N–H and O–H groups in total. The van der Waals surface area contributed by atoms with Crippen LogP contribution in [0.3, 0.4) is 0 Å². The molecule has 1 aliphatic heterocycles. The van der Waals surface area contributed by atoms with E-state index in [0.717, 1.165) is 52.2 Å². The molecule has 1 aliphatic carbocycles. The van der Waals surface area contributed by atoms with E-state index in [1.807, 2.05) is 24.3 Å². The zero-order valence-electron chi connectivity index (χ0n) is 38.8. The van der Waals surface area contributed by atoms with Gasteiger partial charge in [0.15, 0.2) is 0 Å². The fraction of sp³-hybridized carbons (Fsp3) is 0.0303. The molecule has 11 aromatic carbocycles. The fourth-order valence-electron chi connectivity index (χ4n) is 12.6. The Morgan fingerprint density at radius 3 is 1.32 bits per heavy atom. The van der Waals surface area contributed by atoms with Crippen LogP contribution in [0.2, 0.25) is 0 Å². The molecule has 4 heterocycles. The zero-order chi connectivity index (χ0) is 47.4. The van der Waals surface area contributed by atoms with Gasteiger partial charge in [-0.05, 0) is 154 Å². The van der Waals surface area contributed by atoms with Crippen LogP contribution in [0.4, 0.5) is 0 Å². The molecule has 0 saturated carbocycles. The topological polar surface area (TPSA) is 48.9 Å². The third-order valence-electron chi connectivity index (χ3n) is 15.8. The highest BCUT2D eigenvalue weighted by molar-refractivity contribution is 7.92. The van der Waals surface area contributed by atoms with Gasteiger partial charge in [0.05, 0.1) is 42.9 Å². The van der Waals surface area contributed by atoms with E-state index in [4.69, 9.17) is 0 Å². The van der Waals surface area contributed by atoms with Gasteiger partial charge >= 0.3 is 0 Å². The molecule has 0 spiro atoms. The maximum absolute atomic E-state index is 13.3. The minimum Gasteiger partial charge on any atom is -0.309 e. The molecule has 0 unspecified atom stereocenters. The standard InChI is InChI=1S/C66H41N3O2S/c70-72(71)65-20-10-5-15-55(65)58-37-43(24-30-66(58)72)40-21-22-41-32-46-35-47-36-48(25-23-42(47)33-45(46)34-44(41)31-40)67-63-28-26-49(68-59-16-6-1-11-51(59)52-12-2-7-17-60(52)68)38-56(63)57-39-50(27-29-64(57)67)69-61-18-8-3-13-53(61)54-14-4-9-19-62(54)69/h1-32,34,36-39H,33,35H2. The van der Waals surface area contributed by atoms with Crippen LogP contribution >= 0.6 is 0 Å². The predicted molar refractivity (Wildman–Crippen MR) is 295 cm³/mol. The van der Waals surface area contributed by atoms with E-state index >= 15 is 0 Å². The van der Waals surface area contributed by atoms with Crippen LogP contribution in [0.15, 0.2) is 234 Å². The maximum Gasteiger partial charge on any atom is 0.207 e. The van der Waals surface area contributed by atoms with Crippen molar-refractivity contribution in [2.45, 2.75) is 22.6 Å². The van der Waals surface area contributed by atoms with Gasteiger partial charge in [-0.15, -0.1) is 0 Å². The van der Waals surface area contributed by atoms with E-state index in [-0.39, 0.29) is 0 Å². The van der Waals surface area contributed by atoms with E-state index < -0.39 is 9.84 Å². The Balaban J connectivity index is 0.823. The Bertz CT molecular complexity index is 4560. The molecule has 3 aromatic heterocycles. The van der Waals surface area contributed by atoms with Crippen molar-refractivity contribution in [3.63, 3.8) is 0 Å². The van der Waals surface area contributed by atoms with Crippen molar-refractivity contribution in [3.8, 4) is 39.3 Å². The average Bonchev–Trinajstić information content (AvgIpc) is 4.12. The molecule has 6 heteroatoms. The van der Waals surface area contributed by atoms with Gasteiger partial charge in [0.25, 0.3) is 0 Å². The third-order valence-corrected chi connectivity index (χ3v) is 17.7. The van der Waals surface area contributed by atoms with Gasteiger partial charge in [0.1, 0.15) is 0 Å². The highest BCUT2D eigenvalue weighted by Crippen LogP contribution is 2.46. The van der Waals surface area contributed by atoms with Crippen molar-refractivity contribution in [3.05, 3.63) is 247 Å². The van der Waals surface area contributed by atoms with Crippen molar-refractivity contribution in [2.24, 2.45) is 0 Å². The molecule has 72 heavy (non-hydrogen) atoms. The summed E-state index contributed by atoms with van der Waals surface area (Å²) >= 11 is 0. The second-order valence-corrected chi connectivity index (χ2v) is 21.6. The number of nitrogens with zero attached hydrogens (tertiary/aromatic N) is 3. The lowest BCUT2D eigenvalue weighted by Gasteiger charge is -2.22. The van der Waals surface area contributed by atoms with E-state index in [9.17, 15) is 8.42 Å². The smallest absolute Gasteiger partial charge is 0.207 e. The minimum absolute atomic E-state index is 0.386. The molecular formula is C66H41N3O2S. The van der Waals surface area contributed by atoms with Gasteiger partial charge in [-0.1, -0.05) is 127 Å². The van der Waals surface area contributed by atoms with Gasteiger partial charge < -0.3 is 13.7 Å². The molecule has 0 atom stereocenters. The number of hydrogen-bond acceptors (Lipinski definition) is 2. The van der Waals surface area contributed by atoms with E-state index in [0.29, 0.717) is 9.79 Å². The Labute approximate surface area is 414 Å². The van der Waals surface area contributed by atoms with Crippen LogP contribution in [-0.4, -0.2) is 22.1 Å². The molecule has 0 fully saturated rings. The van der Waals surface area contributed by atoms with Crippen molar-refractivity contribution >= 4 is 86.0 Å². The Morgan fingerprint density at radius 2 is 0.722 bits per heavy atom. The van der Waals surface area contributed by atoms with Crippen LogP contribution in [0.1, 0.15) is 22.3 Å². The van der Waals surface area contributed by atoms with Crippen molar-refractivity contribution in [1.29, 1.82) is 0 Å². The van der Waals surface area contributed by atoms with Crippen molar-refractivity contribution < 1.29 is 8.42 Å². The van der Waals surface area contributed by atoms with Crippen molar-refractivity contribution in [2.75, 3.05) is 0 Å². The lowest BCUT2D eigenvalue weighted by Crippen LogP contribution is -2.08. The highest BCUT2D eigenvalue weighted by atomic mass is 32.2. The number of hydrogen-bond donors (Lipinski definition) is 0. The first-order valence-corrected chi connectivity index (χ1v) is 26.1. The fourth-order valence-corrected chi connectivity index (χ4v) is 14.2. The highest BCUT2D eigenvalue weighted by Gasteiger charge is 2.33. The van der Waals surface area contributed by atoms with E-state index in [1.165, 1.54) is 98.4 Å². The molecule has 16 rings (SSSR count). The van der Waals surface area contributed by atoms with Gasteiger partial charge in [0.2, 0.25) is 9.84 Å². The summed E-state index contributed by atoms with van der Waals surface area (Å²) in [7, 11) is -3.52. The normalized spacial score (nSPS) is 13.7. The molecule has 2 aliphatic rings. The van der Waals surface area contributed by atoms with Gasteiger partial charge in [-0.25, -0.2) is 8.42 Å². The minimum atomic E-state index is -3.52. The quantitative estimate of drug-likeness (QED) is 0.177. The Kier molecular flexibility index (Phi) is 8.05. The van der Waals surface area contributed by atoms with Crippen LogP contribution in [0.25, 0.3) is 116 Å². The Morgan fingerprint density at radius 1 is 0.292 bits per heavy atom. The summed E-state index contributed by atoms with van der Waals surface area (Å²) in [6.07, 6.45) is 1.71. The van der Waals surface area contributed by atoms with Gasteiger partial charge in [-0.2, -0.15) is 0 Å². The maximum atomic E-state index is 13.3. The van der Waals surface area contributed by atoms with E-state index in [1.54, 1.807) is 18.2 Å². The number of rotatable bonds is 4. The molecule has 0 bridgehead atoms. The first-order chi connectivity index (χ1) is 35.4. The molecular weight excluding hydrogens is 899 g/mol. The number of fused-ring (bicyclic) bond motifs is 15. The molecule has 0 saturated heterocycles. The first kappa shape index (κ1) is 39.8. The van der Waals surface area contributed by atoms with Crippen LogP contribution in [0.5, 0.6) is 0 Å². The molecule has 338 valence electrons. The molecule has 0 amide bonds. The third kappa shape index (κ3) is 5.55. The largest absolute Gasteiger partial charge is 0.309 e. The molecule has 5 nitrogen and oxygen atoms in total. The van der Waals surface area contributed by atoms with Gasteiger partial charge in [0, 0.05) is 60.5 Å². The molecule has 14 aromatic rings. The zero-order valence-corrected chi connectivity index (χ0v) is 39.7. The summed E-state index contributed by atoms with van der Waals surface area (Å²) < 4.78 is 34.0. The van der Waals surface area contributed by atoms with Crippen LogP contribution < -0.4 is 0 Å². The number of para-hydroxylation sites is 4. The lowest BCUT2D eigenvalue weighted by molar-refractivity contribution is 0.598. The summed E-state index contributed by atoms with van der Waals surface area (Å²) in [6, 6.07) is 80.6. The van der Waals surface area contributed by atoms with Gasteiger partial charge in [-0.3, -0.25) is 0 Å². The summed E-state index contributed by atoms with van der Waals surface area (Å²) in [5.41, 5.74) is 19.6. The predicted octanol–water partition coefficient (Wildman–Crippen LogP) is 16.1. The summed E-state index contributed by atoms with van der Waals surface area (Å²) in [5.74, 6) is 0. The molecule has 0 radical (unpaired) electrons. The average molecular weight is 940 g/mol. The SMILES string of the molecule is O=S1(=O)c2ccccc2-c2cc(-c3ccc4cc5c(cc4c3)Cc3ccc(-n4c6ccc(-n7c8ccccc8c8ccccc87)cc6c6cc(-n7c8ccccc8c8ccccc87)ccc64)cc3C5)ccc21. The monoisotopic (exact) mass is 939 g/mol. The number of sulfone groups is 1. The second kappa shape index (κ2) is 14.5. The first-order valence-electron chi connectivity index (χ1n) is 24.6. The second-order valence-electron chi connectivity index (χ2n) is 19.7. The lowest BCUT2D eigenvalue weighted by atomic mass is 9.84. The number of aromatic nitrogens is 3. The number of benzene rings is 11. The van der Waals surface area contributed by atoms with Crippen LogP contribution in [-0.2, 0) is 22.7 Å². The Hall–Kier alpha value is -8.97. The van der Waals surface area contributed by atoms with E-state index in [2.05, 4.69) is 196 Å². The summed E-state index contributed by atoms with van der Waals surface area (Å²) in [5, 5.41) is 9.80. The summed E-state index contributed by atoms with van der Waals surface area (Å²) in [4.78, 5) is 0.774. The summed E-state index contributed by atoms with van der Waals surface area (Å²) in [6.45, 7) is 0. The van der Waals surface area contributed by atoms with Crippen LogP contribution in [0, 0.1) is 0 Å². The van der Waals surface area contributed by atoms with Crippen molar-refractivity contribution in [1.82, 2.24) is 13.7 Å².